The van der Waals surface area contributed by atoms with E-state index in [0.717, 1.165) is 5.56 Å². The van der Waals surface area contributed by atoms with Gasteiger partial charge in [-0.15, -0.1) is 13.2 Å². The lowest BCUT2D eigenvalue weighted by molar-refractivity contribution is -0.340. The molecule has 20 heavy (non-hydrogen) atoms. The van der Waals surface area contributed by atoms with Gasteiger partial charge in [0.1, 0.15) is 6.61 Å². The Morgan fingerprint density at radius 1 is 1.30 bits per heavy atom. The molecule has 1 unspecified atom stereocenters. The molecule has 0 radical (unpaired) electrons. The van der Waals surface area contributed by atoms with Crippen molar-refractivity contribution >= 4 is 6.09 Å². The number of hydrogen-bond donors (Lipinski definition) is 0. The molecule has 2 rings (SSSR count). The highest BCUT2D eigenvalue weighted by Gasteiger charge is 2.38. The topological polar surface area (TPSA) is 38.8 Å². The minimum absolute atomic E-state index is 0.0982. The number of amides is 1. The van der Waals surface area contributed by atoms with Gasteiger partial charge in [-0.3, -0.25) is 4.74 Å². The highest BCUT2D eigenvalue weighted by Crippen LogP contribution is 2.24. The van der Waals surface area contributed by atoms with Crippen LogP contribution < -0.4 is 0 Å². The van der Waals surface area contributed by atoms with Gasteiger partial charge in [-0.2, -0.15) is 0 Å². The summed E-state index contributed by atoms with van der Waals surface area (Å²) in [5.74, 6) is 0. The van der Waals surface area contributed by atoms with Crippen molar-refractivity contribution in [1.29, 1.82) is 0 Å². The van der Waals surface area contributed by atoms with E-state index in [-0.39, 0.29) is 26.1 Å². The molecule has 1 aromatic carbocycles. The first kappa shape index (κ1) is 14.6. The average Bonchev–Trinajstić information content (AvgIpc) is 2.83. The Labute approximate surface area is 114 Å². The molecule has 0 saturated carbocycles. The highest BCUT2D eigenvalue weighted by atomic mass is 19.4. The van der Waals surface area contributed by atoms with E-state index in [1.807, 2.05) is 18.2 Å². The molecular weight excluding hydrogens is 275 g/mol. The zero-order valence-corrected chi connectivity index (χ0v) is 10.6. The number of nitrogens with zero attached hydrogens (tertiary/aromatic N) is 1. The lowest BCUT2D eigenvalue weighted by Crippen LogP contribution is -2.32. The van der Waals surface area contributed by atoms with Gasteiger partial charge in [0.15, 0.2) is 0 Å². The summed E-state index contributed by atoms with van der Waals surface area (Å²) in [5.41, 5.74) is 0.822. The molecule has 0 spiro atoms. The molecule has 7 heteroatoms. The number of benzene rings is 1. The molecule has 0 aliphatic carbocycles. The molecule has 1 fully saturated rings. The van der Waals surface area contributed by atoms with Gasteiger partial charge in [-0.05, 0) is 12.0 Å². The van der Waals surface area contributed by atoms with Crippen molar-refractivity contribution in [3.8, 4) is 0 Å². The van der Waals surface area contributed by atoms with Crippen molar-refractivity contribution in [2.24, 2.45) is 0 Å². The van der Waals surface area contributed by atoms with Crippen LogP contribution in [0.3, 0.4) is 0 Å². The molecule has 1 heterocycles. The Bertz CT molecular complexity index is 450. The van der Waals surface area contributed by atoms with E-state index < -0.39 is 18.6 Å². The zero-order valence-electron chi connectivity index (χ0n) is 10.6. The molecule has 110 valence electrons. The van der Waals surface area contributed by atoms with E-state index in [1.54, 1.807) is 12.1 Å². The number of halogens is 3. The van der Waals surface area contributed by atoms with Gasteiger partial charge in [0, 0.05) is 6.54 Å². The summed E-state index contributed by atoms with van der Waals surface area (Å²) in [6, 6.07) is 9.06. The van der Waals surface area contributed by atoms with Gasteiger partial charge >= 0.3 is 12.5 Å². The van der Waals surface area contributed by atoms with Crippen molar-refractivity contribution in [2.75, 3.05) is 13.1 Å². The van der Waals surface area contributed by atoms with E-state index in [9.17, 15) is 18.0 Å². The second-order valence-electron chi connectivity index (χ2n) is 4.46. The normalized spacial score (nSPS) is 19.1. The van der Waals surface area contributed by atoms with E-state index in [1.165, 1.54) is 4.90 Å². The third kappa shape index (κ3) is 4.41. The molecular formula is C13H14F3NO3. The molecule has 1 saturated heterocycles. The third-order valence-electron chi connectivity index (χ3n) is 2.91. The van der Waals surface area contributed by atoms with Crippen LogP contribution in [-0.4, -0.2) is 36.5 Å². The molecule has 1 amide bonds. The van der Waals surface area contributed by atoms with Crippen molar-refractivity contribution in [3.05, 3.63) is 35.9 Å². The summed E-state index contributed by atoms with van der Waals surface area (Å²) >= 11 is 0. The summed E-state index contributed by atoms with van der Waals surface area (Å²) in [6.45, 7) is 0.197. The SMILES string of the molecule is O=C(OCc1ccccc1)N1CCC(OC(F)(F)F)C1. The number of rotatable bonds is 3. The molecule has 1 atom stereocenters. The number of carbonyl (C=O) groups excluding carboxylic acids is 1. The van der Waals surface area contributed by atoms with Crippen LogP contribution in [0.1, 0.15) is 12.0 Å². The fourth-order valence-electron chi connectivity index (χ4n) is 1.99. The van der Waals surface area contributed by atoms with E-state index >= 15 is 0 Å². The minimum atomic E-state index is -4.67. The number of carbonyl (C=O) groups is 1. The highest BCUT2D eigenvalue weighted by molar-refractivity contribution is 5.68. The average molecular weight is 289 g/mol. The van der Waals surface area contributed by atoms with E-state index in [2.05, 4.69) is 4.74 Å². The predicted molar refractivity (Wildman–Crippen MR) is 63.7 cm³/mol. The van der Waals surface area contributed by atoms with Crippen LogP contribution in [-0.2, 0) is 16.1 Å². The molecule has 0 N–H and O–H groups in total. The second-order valence-corrected chi connectivity index (χ2v) is 4.46. The Hall–Kier alpha value is -1.76. The van der Waals surface area contributed by atoms with E-state index in [4.69, 9.17) is 4.74 Å². The van der Waals surface area contributed by atoms with Crippen LogP contribution in [0.4, 0.5) is 18.0 Å². The quantitative estimate of drug-likeness (QED) is 0.858. The Morgan fingerprint density at radius 2 is 2.00 bits per heavy atom. The first-order chi connectivity index (χ1) is 9.44. The molecule has 0 aromatic heterocycles. The first-order valence-electron chi connectivity index (χ1n) is 6.14. The van der Waals surface area contributed by atoms with Crippen molar-refractivity contribution in [3.63, 3.8) is 0 Å². The third-order valence-corrected chi connectivity index (χ3v) is 2.91. The van der Waals surface area contributed by atoms with Crippen LogP contribution in [0, 0.1) is 0 Å². The Kier molecular flexibility index (Phi) is 4.49. The molecule has 0 bridgehead atoms. The predicted octanol–water partition coefficient (Wildman–Crippen LogP) is 2.93. The lowest BCUT2D eigenvalue weighted by Gasteiger charge is -2.17. The number of ether oxygens (including phenoxy) is 2. The summed E-state index contributed by atoms with van der Waals surface area (Å²) in [6.07, 6.45) is -6.16. The lowest BCUT2D eigenvalue weighted by atomic mass is 10.2. The van der Waals surface area contributed by atoms with Crippen LogP contribution >= 0.6 is 0 Å². The van der Waals surface area contributed by atoms with Gasteiger partial charge in [0.2, 0.25) is 0 Å². The maximum absolute atomic E-state index is 12.0. The standard InChI is InChI=1S/C13H14F3NO3/c14-13(15,16)20-11-6-7-17(8-11)12(18)19-9-10-4-2-1-3-5-10/h1-5,11H,6-9H2. The van der Waals surface area contributed by atoms with Gasteiger partial charge in [0.25, 0.3) is 0 Å². The number of hydrogen-bond acceptors (Lipinski definition) is 3. The minimum Gasteiger partial charge on any atom is -0.445 e. The Morgan fingerprint density at radius 3 is 2.65 bits per heavy atom. The van der Waals surface area contributed by atoms with E-state index in [0.29, 0.717) is 0 Å². The smallest absolute Gasteiger partial charge is 0.445 e. The number of likely N-dealkylation sites (tertiary alicyclic amines) is 1. The van der Waals surface area contributed by atoms with Gasteiger partial charge in [0.05, 0.1) is 12.6 Å². The maximum Gasteiger partial charge on any atom is 0.522 e. The zero-order chi connectivity index (χ0) is 14.6. The van der Waals surface area contributed by atoms with Crippen LogP contribution in [0.2, 0.25) is 0 Å². The Balaban J connectivity index is 1.77. The van der Waals surface area contributed by atoms with Gasteiger partial charge in [-0.1, -0.05) is 30.3 Å². The largest absolute Gasteiger partial charge is 0.522 e. The summed E-state index contributed by atoms with van der Waals surface area (Å²) in [5, 5.41) is 0. The fraction of sp³-hybridized carbons (Fsp3) is 0.462. The van der Waals surface area contributed by atoms with Crippen molar-refractivity contribution in [1.82, 2.24) is 4.90 Å². The second kappa shape index (κ2) is 6.13. The fourth-order valence-corrected chi connectivity index (χ4v) is 1.99. The van der Waals surface area contributed by atoms with Crippen molar-refractivity contribution < 1.29 is 27.4 Å². The monoisotopic (exact) mass is 289 g/mol. The number of alkyl halides is 3. The van der Waals surface area contributed by atoms with Crippen LogP contribution in [0.5, 0.6) is 0 Å². The molecule has 1 aliphatic rings. The van der Waals surface area contributed by atoms with Crippen molar-refractivity contribution in [2.45, 2.75) is 25.5 Å². The molecule has 4 nitrogen and oxygen atoms in total. The van der Waals surface area contributed by atoms with Crippen LogP contribution in [0.25, 0.3) is 0 Å². The molecule has 1 aromatic rings. The molecule has 1 aliphatic heterocycles. The summed E-state index contributed by atoms with van der Waals surface area (Å²) in [4.78, 5) is 12.9. The first-order valence-corrected chi connectivity index (χ1v) is 6.14. The van der Waals surface area contributed by atoms with Gasteiger partial charge < -0.3 is 9.64 Å². The summed E-state index contributed by atoms with van der Waals surface area (Å²) < 4.78 is 45.1. The maximum atomic E-state index is 12.0. The van der Waals surface area contributed by atoms with Gasteiger partial charge in [-0.25, -0.2) is 4.79 Å². The summed E-state index contributed by atoms with van der Waals surface area (Å²) in [7, 11) is 0. The van der Waals surface area contributed by atoms with Crippen LogP contribution in [0.15, 0.2) is 30.3 Å².